The van der Waals surface area contributed by atoms with E-state index < -0.39 is 0 Å². The molecule has 2 aliphatic rings. The summed E-state index contributed by atoms with van der Waals surface area (Å²) < 4.78 is 2.38. The molecule has 2 fully saturated rings. The number of fused-ring (bicyclic) bond motifs is 2. The van der Waals surface area contributed by atoms with Gasteiger partial charge in [-0.3, -0.25) is 4.90 Å². The molecule has 2 heterocycles. The van der Waals surface area contributed by atoms with Crippen LogP contribution in [0.3, 0.4) is 0 Å². The monoisotopic (exact) mass is 361 g/mol. The van der Waals surface area contributed by atoms with Crippen LogP contribution in [0.15, 0.2) is 48.5 Å². The highest BCUT2D eigenvalue weighted by atomic mass is 16.3. The Labute approximate surface area is 160 Å². The molecule has 1 aliphatic carbocycles. The fraction of sp³-hybridized carbons (Fsp3) is 0.435. The number of nitrogens with zero attached hydrogens (tertiary/aromatic N) is 3. The smallest absolute Gasteiger partial charge is 0.124 e. The standard InChI is InChI=1S/C23H27N3O/c1-16-6-8-17(9-7-16)12-26-22-5-3-2-4-21(22)24-23(26)15-25-13-18-10-20(27)11-19(18)14-25/h2-9,18-20,27H,10-15H2,1H3/t18-,19+,20?. The summed E-state index contributed by atoms with van der Waals surface area (Å²) in [6.07, 6.45) is 1.87. The second-order valence-corrected chi connectivity index (χ2v) is 8.43. The molecular weight excluding hydrogens is 334 g/mol. The number of rotatable bonds is 4. The number of para-hydroxylation sites is 2. The van der Waals surface area contributed by atoms with Gasteiger partial charge >= 0.3 is 0 Å². The lowest BCUT2D eigenvalue weighted by Gasteiger charge is -2.18. The quantitative estimate of drug-likeness (QED) is 0.772. The maximum absolute atomic E-state index is 9.90. The molecule has 3 atom stereocenters. The highest BCUT2D eigenvalue weighted by molar-refractivity contribution is 5.76. The van der Waals surface area contributed by atoms with Crippen molar-refractivity contribution >= 4 is 11.0 Å². The van der Waals surface area contributed by atoms with Crippen LogP contribution in [0.2, 0.25) is 0 Å². The van der Waals surface area contributed by atoms with E-state index >= 15 is 0 Å². The summed E-state index contributed by atoms with van der Waals surface area (Å²) in [5.41, 5.74) is 4.89. The van der Waals surface area contributed by atoms with Crippen molar-refractivity contribution in [3.05, 3.63) is 65.5 Å². The van der Waals surface area contributed by atoms with Gasteiger partial charge in [-0.05, 0) is 49.3 Å². The average Bonchev–Trinajstić information content (AvgIpc) is 3.28. The maximum atomic E-state index is 9.90. The predicted molar refractivity (Wildman–Crippen MR) is 108 cm³/mol. The van der Waals surface area contributed by atoms with Gasteiger partial charge in [-0.15, -0.1) is 0 Å². The summed E-state index contributed by atoms with van der Waals surface area (Å²) >= 11 is 0. The average molecular weight is 361 g/mol. The summed E-state index contributed by atoms with van der Waals surface area (Å²) in [5.74, 6) is 2.47. The molecule has 1 aromatic heterocycles. The van der Waals surface area contributed by atoms with E-state index in [2.05, 4.69) is 64.9 Å². The van der Waals surface area contributed by atoms with Gasteiger partial charge in [-0.25, -0.2) is 4.98 Å². The molecule has 1 saturated carbocycles. The topological polar surface area (TPSA) is 41.3 Å². The van der Waals surface area contributed by atoms with E-state index in [1.165, 1.54) is 16.6 Å². The van der Waals surface area contributed by atoms with Gasteiger partial charge in [0.2, 0.25) is 0 Å². The molecule has 0 spiro atoms. The molecule has 0 radical (unpaired) electrons. The van der Waals surface area contributed by atoms with Crippen LogP contribution in [0.5, 0.6) is 0 Å². The number of aryl methyl sites for hydroxylation is 1. The number of aromatic nitrogens is 2. The first-order valence-electron chi connectivity index (χ1n) is 10.1. The highest BCUT2D eigenvalue weighted by Gasteiger charge is 2.40. The third kappa shape index (κ3) is 3.28. The lowest BCUT2D eigenvalue weighted by Crippen LogP contribution is -2.24. The van der Waals surface area contributed by atoms with Gasteiger partial charge in [0.15, 0.2) is 0 Å². The summed E-state index contributed by atoms with van der Waals surface area (Å²) in [7, 11) is 0. The molecule has 4 heteroatoms. The lowest BCUT2D eigenvalue weighted by atomic mass is 10.0. The number of likely N-dealkylation sites (tertiary alicyclic amines) is 1. The van der Waals surface area contributed by atoms with Gasteiger partial charge in [0, 0.05) is 19.6 Å². The number of imidazole rings is 1. The Kier molecular flexibility index (Phi) is 4.25. The van der Waals surface area contributed by atoms with Gasteiger partial charge in [0.1, 0.15) is 5.82 Å². The van der Waals surface area contributed by atoms with Crippen molar-refractivity contribution in [2.24, 2.45) is 11.8 Å². The van der Waals surface area contributed by atoms with E-state index in [0.717, 1.165) is 50.4 Å². The van der Waals surface area contributed by atoms with Crippen LogP contribution in [0.25, 0.3) is 11.0 Å². The predicted octanol–water partition coefficient (Wildman–Crippen LogP) is 3.60. The Morgan fingerprint density at radius 2 is 1.67 bits per heavy atom. The minimum atomic E-state index is -0.0757. The third-order valence-corrected chi connectivity index (χ3v) is 6.36. The number of aliphatic hydroxyl groups is 1. The number of benzene rings is 2. The Hall–Kier alpha value is -2.17. The summed E-state index contributed by atoms with van der Waals surface area (Å²) in [4.78, 5) is 7.51. The van der Waals surface area contributed by atoms with Crippen molar-refractivity contribution in [2.75, 3.05) is 13.1 Å². The molecule has 1 aliphatic heterocycles. The van der Waals surface area contributed by atoms with E-state index in [1.807, 2.05) is 0 Å². The van der Waals surface area contributed by atoms with Crippen LogP contribution in [-0.4, -0.2) is 38.8 Å². The molecule has 0 bridgehead atoms. The lowest BCUT2D eigenvalue weighted by molar-refractivity contribution is 0.160. The molecular formula is C23H27N3O. The molecule has 0 amide bonds. The highest BCUT2D eigenvalue weighted by Crippen LogP contribution is 2.38. The first-order valence-corrected chi connectivity index (χ1v) is 10.1. The van der Waals surface area contributed by atoms with Crippen LogP contribution in [0, 0.1) is 18.8 Å². The zero-order valence-corrected chi connectivity index (χ0v) is 15.9. The van der Waals surface area contributed by atoms with E-state index in [0.29, 0.717) is 11.8 Å². The van der Waals surface area contributed by atoms with Gasteiger partial charge in [0.25, 0.3) is 0 Å². The second kappa shape index (κ2) is 6.77. The van der Waals surface area contributed by atoms with E-state index in [1.54, 1.807) is 0 Å². The normalized spacial score (nSPS) is 25.3. The van der Waals surface area contributed by atoms with E-state index in [4.69, 9.17) is 4.98 Å². The maximum Gasteiger partial charge on any atom is 0.124 e. The Bertz CT molecular complexity index is 932. The SMILES string of the molecule is Cc1ccc(Cn2c(CN3C[C@H]4CC(O)C[C@H]4C3)nc3ccccc32)cc1. The molecule has 3 aromatic rings. The third-order valence-electron chi connectivity index (χ3n) is 6.36. The van der Waals surface area contributed by atoms with Gasteiger partial charge in [-0.1, -0.05) is 42.0 Å². The molecule has 27 heavy (non-hydrogen) atoms. The van der Waals surface area contributed by atoms with Crippen molar-refractivity contribution < 1.29 is 5.11 Å². The fourth-order valence-electron chi connectivity index (χ4n) is 4.99. The first kappa shape index (κ1) is 17.0. The molecule has 5 rings (SSSR count). The van der Waals surface area contributed by atoms with E-state index in [9.17, 15) is 5.11 Å². The van der Waals surface area contributed by atoms with Crippen molar-refractivity contribution in [1.82, 2.24) is 14.5 Å². The Morgan fingerprint density at radius 3 is 2.41 bits per heavy atom. The summed E-state index contributed by atoms with van der Waals surface area (Å²) in [5, 5.41) is 9.90. The number of aliphatic hydroxyl groups excluding tert-OH is 1. The van der Waals surface area contributed by atoms with Gasteiger partial charge in [0.05, 0.1) is 23.7 Å². The van der Waals surface area contributed by atoms with Crippen LogP contribution in [-0.2, 0) is 13.1 Å². The molecule has 2 aromatic carbocycles. The molecule has 1 unspecified atom stereocenters. The molecule has 140 valence electrons. The van der Waals surface area contributed by atoms with Crippen molar-refractivity contribution in [1.29, 1.82) is 0 Å². The Balaban J connectivity index is 1.42. The minimum Gasteiger partial charge on any atom is -0.393 e. The molecule has 4 nitrogen and oxygen atoms in total. The zero-order chi connectivity index (χ0) is 18.4. The fourth-order valence-corrected chi connectivity index (χ4v) is 4.99. The van der Waals surface area contributed by atoms with Crippen LogP contribution in [0.1, 0.15) is 29.8 Å². The minimum absolute atomic E-state index is 0.0757. The molecule has 1 N–H and O–H groups in total. The molecule has 1 saturated heterocycles. The van der Waals surface area contributed by atoms with Crippen molar-refractivity contribution in [3.8, 4) is 0 Å². The van der Waals surface area contributed by atoms with Gasteiger partial charge < -0.3 is 9.67 Å². The number of hydrogen-bond acceptors (Lipinski definition) is 3. The Morgan fingerprint density at radius 1 is 0.963 bits per heavy atom. The van der Waals surface area contributed by atoms with Crippen molar-refractivity contribution in [3.63, 3.8) is 0 Å². The van der Waals surface area contributed by atoms with E-state index in [-0.39, 0.29) is 6.10 Å². The zero-order valence-electron chi connectivity index (χ0n) is 15.9. The van der Waals surface area contributed by atoms with Crippen LogP contribution >= 0.6 is 0 Å². The van der Waals surface area contributed by atoms with Crippen LogP contribution < -0.4 is 0 Å². The summed E-state index contributed by atoms with van der Waals surface area (Å²) in [6, 6.07) is 17.2. The first-order chi connectivity index (χ1) is 13.2. The summed E-state index contributed by atoms with van der Waals surface area (Å²) in [6.45, 7) is 6.06. The van der Waals surface area contributed by atoms with Crippen molar-refractivity contribution in [2.45, 2.75) is 39.0 Å². The van der Waals surface area contributed by atoms with Crippen LogP contribution in [0.4, 0.5) is 0 Å². The largest absolute Gasteiger partial charge is 0.393 e. The number of hydrogen-bond donors (Lipinski definition) is 1. The second-order valence-electron chi connectivity index (χ2n) is 8.43. The van der Waals surface area contributed by atoms with Gasteiger partial charge in [-0.2, -0.15) is 0 Å².